The number of carbonyl (C=O) groups is 1. The molecule has 25 heavy (non-hydrogen) atoms. The molecule has 0 radical (unpaired) electrons. The Labute approximate surface area is 143 Å². The van der Waals surface area contributed by atoms with Gasteiger partial charge in [-0.1, -0.05) is 29.3 Å². The Hall–Kier alpha value is -3.15. The van der Waals surface area contributed by atoms with Crippen molar-refractivity contribution < 1.29 is 4.79 Å². The molecule has 1 heterocycles. The van der Waals surface area contributed by atoms with Gasteiger partial charge in [0.1, 0.15) is 0 Å². The Balaban J connectivity index is 1.87. The second kappa shape index (κ2) is 6.39. The van der Waals surface area contributed by atoms with Crippen molar-refractivity contribution in [3.8, 4) is 0 Å². The largest absolute Gasteiger partial charge is 0.346 e. The molecular weight excluding hydrogens is 318 g/mol. The molecule has 1 aromatic heterocycles. The SMILES string of the molecule is Cc1cc(C)cc([C@@H](C)NC(=O)c2ccc3[nH]c(=O)c(=O)[nH]c3c2)c1. The second-order valence-corrected chi connectivity index (χ2v) is 6.28. The van der Waals surface area contributed by atoms with Gasteiger partial charge >= 0.3 is 11.1 Å². The summed E-state index contributed by atoms with van der Waals surface area (Å²) in [5, 5.41) is 2.95. The highest BCUT2D eigenvalue weighted by molar-refractivity contribution is 5.97. The predicted molar refractivity (Wildman–Crippen MR) is 97.0 cm³/mol. The van der Waals surface area contributed by atoms with E-state index < -0.39 is 11.1 Å². The fourth-order valence-corrected chi connectivity index (χ4v) is 2.88. The first kappa shape index (κ1) is 16.7. The summed E-state index contributed by atoms with van der Waals surface area (Å²) >= 11 is 0. The lowest BCUT2D eigenvalue weighted by Gasteiger charge is -2.16. The maximum absolute atomic E-state index is 12.5. The topological polar surface area (TPSA) is 94.8 Å². The summed E-state index contributed by atoms with van der Waals surface area (Å²) in [6.45, 7) is 5.96. The zero-order valence-corrected chi connectivity index (χ0v) is 14.3. The first-order chi connectivity index (χ1) is 11.8. The van der Waals surface area contributed by atoms with Gasteiger partial charge in [-0.15, -0.1) is 0 Å². The van der Waals surface area contributed by atoms with Crippen LogP contribution in [0, 0.1) is 13.8 Å². The number of aryl methyl sites for hydroxylation is 2. The van der Waals surface area contributed by atoms with Crippen molar-refractivity contribution in [1.82, 2.24) is 15.3 Å². The number of hydrogen-bond acceptors (Lipinski definition) is 3. The second-order valence-electron chi connectivity index (χ2n) is 6.28. The zero-order chi connectivity index (χ0) is 18.1. The number of nitrogens with one attached hydrogen (secondary N) is 3. The quantitative estimate of drug-likeness (QED) is 0.640. The number of carbonyl (C=O) groups excluding carboxylic acids is 1. The minimum atomic E-state index is -0.742. The van der Waals surface area contributed by atoms with Gasteiger partial charge in [0.15, 0.2) is 0 Å². The Bertz CT molecular complexity index is 1060. The summed E-state index contributed by atoms with van der Waals surface area (Å²) in [4.78, 5) is 40.2. The van der Waals surface area contributed by atoms with Crippen LogP contribution in [0.5, 0.6) is 0 Å². The van der Waals surface area contributed by atoms with Gasteiger partial charge in [-0.25, -0.2) is 0 Å². The normalized spacial score (nSPS) is 12.1. The molecule has 0 fully saturated rings. The number of benzene rings is 2. The summed E-state index contributed by atoms with van der Waals surface area (Å²) in [5.41, 5.74) is 3.16. The van der Waals surface area contributed by atoms with E-state index in [4.69, 9.17) is 0 Å². The van der Waals surface area contributed by atoms with E-state index in [2.05, 4.69) is 21.4 Å². The molecule has 0 saturated heterocycles. The molecule has 3 rings (SSSR count). The fraction of sp³-hybridized carbons (Fsp3) is 0.211. The molecule has 128 valence electrons. The van der Waals surface area contributed by atoms with Crippen molar-refractivity contribution in [3.05, 3.63) is 79.4 Å². The molecule has 0 saturated carbocycles. The van der Waals surface area contributed by atoms with Gasteiger partial charge in [0, 0.05) is 5.56 Å². The van der Waals surface area contributed by atoms with Crippen molar-refractivity contribution in [3.63, 3.8) is 0 Å². The maximum Gasteiger partial charge on any atom is 0.314 e. The van der Waals surface area contributed by atoms with E-state index in [0.717, 1.165) is 16.7 Å². The van der Waals surface area contributed by atoms with Gasteiger partial charge in [0.05, 0.1) is 17.1 Å². The highest BCUT2D eigenvalue weighted by atomic mass is 16.2. The monoisotopic (exact) mass is 337 g/mol. The van der Waals surface area contributed by atoms with Crippen molar-refractivity contribution in [2.24, 2.45) is 0 Å². The van der Waals surface area contributed by atoms with Crippen LogP contribution in [-0.2, 0) is 0 Å². The van der Waals surface area contributed by atoms with Gasteiger partial charge in [0.25, 0.3) is 5.91 Å². The molecule has 0 aliphatic carbocycles. The predicted octanol–water partition coefficient (Wildman–Crippen LogP) is 2.32. The van der Waals surface area contributed by atoms with Crippen molar-refractivity contribution >= 4 is 16.9 Å². The van der Waals surface area contributed by atoms with Crippen LogP contribution in [0.4, 0.5) is 0 Å². The van der Waals surface area contributed by atoms with Crippen LogP contribution in [0.1, 0.15) is 40.0 Å². The van der Waals surface area contributed by atoms with Gasteiger partial charge in [-0.2, -0.15) is 0 Å². The van der Waals surface area contributed by atoms with Crippen molar-refractivity contribution in [2.45, 2.75) is 26.8 Å². The molecule has 2 aromatic carbocycles. The van der Waals surface area contributed by atoms with E-state index in [1.165, 1.54) is 0 Å². The molecule has 0 spiro atoms. The number of aromatic amines is 2. The number of fused-ring (bicyclic) bond motifs is 1. The van der Waals surface area contributed by atoms with Crippen LogP contribution in [0.2, 0.25) is 0 Å². The van der Waals surface area contributed by atoms with Crippen LogP contribution < -0.4 is 16.4 Å². The zero-order valence-electron chi connectivity index (χ0n) is 14.3. The number of hydrogen-bond donors (Lipinski definition) is 3. The average Bonchev–Trinajstić information content (AvgIpc) is 2.54. The minimum absolute atomic E-state index is 0.156. The molecule has 3 N–H and O–H groups in total. The van der Waals surface area contributed by atoms with Gasteiger partial charge in [-0.3, -0.25) is 14.4 Å². The number of amides is 1. The van der Waals surface area contributed by atoms with Crippen LogP contribution in [-0.4, -0.2) is 15.9 Å². The molecule has 0 bridgehead atoms. The molecular formula is C19H19N3O3. The minimum Gasteiger partial charge on any atom is -0.346 e. The maximum atomic E-state index is 12.5. The molecule has 3 aromatic rings. The molecule has 0 aliphatic heterocycles. The van der Waals surface area contributed by atoms with Crippen LogP contribution in [0.25, 0.3) is 11.0 Å². The standard InChI is InChI=1S/C19H19N3O3/c1-10-6-11(2)8-14(7-10)12(3)20-17(23)13-4-5-15-16(9-13)22-19(25)18(24)21-15/h4-9,12H,1-3H3,(H,20,23)(H,21,24)(H,22,25)/t12-/m1/s1. The summed E-state index contributed by atoms with van der Waals surface area (Å²) in [5.74, 6) is -0.249. The van der Waals surface area contributed by atoms with E-state index >= 15 is 0 Å². The third-order valence-corrected chi connectivity index (χ3v) is 4.08. The van der Waals surface area contributed by atoms with E-state index in [9.17, 15) is 14.4 Å². The van der Waals surface area contributed by atoms with Crippen molar-refractivity contribution in [2.75, 3.05) is 0 Å². The van der Waals surface area contributed by atoms with E-state index in [0.29, 0.717) is 16.6 Å². The van der Waals surface area contributed by atoms with Gasteiger partial charge < -0.3 is 15.3 Å². The lowest BCUT2D eigenvalue weighted by Crippen LogP contribution is -2.29. The summed E-state index contributed by atoms with van der Waals surface area (Å²) in [7, 11) is 0. The first-order valence-corrected chi connectivity index (χ1v) is 7.99. The van der Waals surface area contributed by atoms with Gasteiger partial charge in [-0.05, 0) is 44.5 Å². The van der Waals surface area contributed by atoms with Gasteiger partial charge in [0.2, 0.25) is 0 Å². The molecule has 0 aliphatic rings. The third kappa shape index (κ3) is 3.52. The Kier molecular flexibility index (Phi) is 4.27. The first-order valence-electron chi connectivity index (χ1n) is 7.99. The lowest BCUT2D eigenvalue weighted by atomic mass is 10.0. The lowest BCUT2D eigenvalue weighted by molar-refractivity contribution is 0.0940. The smallest absolute Gasteiger partial charge is 0.314 e. The Morgan fingerprint density at radius 1 is 0.920 bits per heavy atom. The molecule has 6 heteroatoms. The van der Waals surface area contributed by atoms with E-state index in [1.54, 1.807) is 18.2 Å². The molecule has 0 unspecified atom stereocenters. The van der Waals surface area contributed by atoms with E-state index in [1.807, 2.05) is 32.9 Å². The number of H-pyrrole nitrogens is 2. The van der Waals surface area contributed by atoms with Crippen molar-refractivity contribution in [1.29, 1.82) is 0 Å². The van der Waals surface area contributed by atoms with Crippen LogP contribution >= 0.6 is 0 Å². The molecule has 6 nitrogen and oxygen atoms in total. The summed E-state index contributed by atoms with van der Waals surface area (Å²) < 4.78 is 0. The summed E-state index contributed by atoms with van der Waals surface area (Å²) in [6, 6.07) is 10.8. The van der Waals surface area contributed by atoms with E-state index in [-0.39, 0.29) is 11.9 Å². The molecule has 1 amide bonds. The Morgan fingerprint density at radius 3 is 2.16 bits per heavy atom. The average molecular weight is 337 g/mol. The summed E-state index contributed by atoms with van der Waals surface area (Å²) in [6.07, 6.45) is 0. The van der Waals surface area contributed by atoms with Crippen LogP contribution in [0.15, 0.2) is 46.0 Å². The molecule has 1 atom stereocenters. The Morgan fingerprint density at radius 2 is 1.52 bits per heavy atom. The highest BCUT2D eigenvalue weighted by Crippen LogP contribution is 2.18. The number of aromatic nitrogens is 2. The van der Waals surface area contributed by atoms with Crippen LogP contribution in [0.3, 0.4) is 0 Å². The fourth-order valence-electron chi connectivity index (χ4n) is 2.88. The number of rotatable bonds is 3. The highest BCUT2D eigenvalue weighted by Gasteiger charge is 2.13. The third-order valence-electron chi connectivity index (χ3n) is 4.08.